The van der Waals surface area contributed by atoms with Crippen molar-refractivity contribution in [1.82, 2.24) is 25.1 Å². The fourth-order valence-electron chi connectivity index (χ4n) is 2.98. The smallest absolute Gasteiger partial charge is 0.269 e. The maximum absolute atomic E-state index is 13.6. The molecule has 1 aromatic carbocycles. The average Bonchev–Trinajstić information content (AvgIpc) is 3.15. The van der Waals surface area contributed by atoms with Crippen LogP contribution in [-0.2, 0) is 0 Å². The molecule has 24 heavy (non-hydrogen) atoms. The Morgan fingerprint density at radius 2 is 2.08 bits per heavy atom. The van der Waals surface area contributed by atoms with Crippen LogP contribution in [0.4, 0.5) is 4.39 Å². The number of fused-ring (bicyclic) bond motifs is 3. The van der Waals surface area contributed by atoms with Crippen molar-refractivity contribution in [3.05, 3.63) is 53.7 Å². The number of aryl methyl sites for hydroxylation is 1. The molecule has 0 saturated carbocycles. The van der Waals surface area contributed by atoms with E-state index >= 15 is 0 Å². The Kier molecular flexibility index (Phi) is 3.09. The predicted octanol–water partition coefficient (Wildman–Crippen LogP) is 2.71. The van der Waals surface area contributed by atoms with Gasteiger partial charge >= 0.3 is 0 Å². The lowest BCUT2D eigenvalue weighted by Gasteiger charge is -2.10. The van der Waals surface area contributed by atoms with Crippen LogP contribution < -0.4 is 5.32 Å². The average molecular weight is 323 g/mol. The summed E-state index contributed by atoms with van der Waals surface area (Å²) in [5.74, 6) is -0.543. The highest BCUT2D eigenvalue weighted by molar-refractivity contribution is 6.07. The molecule has 120 valence electrons. The minimum atomic E-state index is -0.305. The van der Waals surface area contributed by atoms with Crippen LogP contribution in [0.3, 0.4) is 0 Å². The summed E-state index contributed by atoms with van der Waals surface area (Å²) in [4.78, 5) is 16.1. The van der Waals surface area contributed by atoms with E-state index in [0.717, 1.165) is 27.6 Å². The van der Waals surface area contributed by atoms with Gasteiger partial charge < -0.3 is 9.88 Å². The number of pyridine rings is 1. The summed E-state index contributed by atoms with van der Waals surface area (Å²) in [5.41, 5.74) is 4.30. The molecule has 0 aliphatic carbocycles. The second-order valence-electron chi connectivity index (χ2n) is 5.51. The van der Waals surface area contributed by atoms with E-state index in [1.165, 1.54) is 12.1 Å². The molecule has 6 nitrogen and oxygen atoms in total. The number of hydrogen-bond donors (Lipinski definition) is 2. The zero-order valence-electron chi connectivity index (χ0n) is 13.1. The maximum atomic E-state index is 13.6. The van der Waals surface area contributed by atoms with Gasteiger partial charge in [0, 0.05) is 12.4 Å². The standard InChI is InChI=1S/C17H14FN5O/c1-9-13(6-4-12(21-9)17(24)19-2)23-14-5-3-10(18)7-11(14)16-15(23)8-20-22-16/h3-8H,1-2H3,(H,19,24)(H,20,22). The van der Waals surface area contributed by atoms with Gasteiger partial charge in [-0.3, -0.25) is 9.89 Å². The van der Waals surface area contributed by atoms with Crippen molar-refractivity contribution in [2.24, 2.45) is 0 Å². The maximum Gasteiger partial charge on any atom is 0.269 e. The topological polar surface area (TPSA) is 75.6 Å². The predicted molar refractivity (Wildman–Crippen MR) is 88.8 cm³/mol. The number of aromatic nitrogens is 4. The van der Waals surface area contributed by atoms with Crippen LogP contribution in [0.1, 0.15) is 16.2 Å². The third-order valence-corrected chi connectivity index (χ3v) is 4.09. The molecule has 0 aliphatic heterocycles. The van der Waals surface area contributed by atoms with Gasteiger partial charge in [0.25, 0.3) is 5.91 Å². The molecule has 0 radical (unpaired) electrons. The van der Waals surface area contributed by atoms with Gasteiger partial charge in [0.2, 0.25) is 0 Å². The van der Waals surface area contributed by atoms with E-state index in [2.05, 4.69) is 20.5 Å². The van der Waals surface area contributed by atoms with E-state index in [0.29, 0.717) is 11.4 Å². The van der Waals surface area contributed by atoms with Gasteiger partial charge in [0.1, 0.15) is 11.5 Å². The Morgan fingerprint density at radius 1 is 1.25 bits per heavy atom. The van der Waals surface area contributed by atoms with E-state index in [9.17, 15) is 9.18 Å². The molecule has 3 aromatic heterocycles. The van der Waals surface area contributed by atoms with Crippen molar-refractivity contribution >= 4 is 27.8 Å². The van der Waals surface area contributed by atoms with Gasteiger partial charge in [-0.1, -0.05) is 0 Å². The first-order chi connectivity index (χ1) is 11.6. The molecule has 0 bridgehead atoms. The highest BCUT2D eigenvalue weighted by Gasteiger charge is 2.17. The van der Waals surface area contributed by atoms with Crippen LogP contribution in [0.25, 0.3) is 27.6 Å². The SMILES string of the molecule is CNC(=O)c1ccc(-n2c3ccc(F)cc3c3[nH]ncc32)c(C)n1. The van der Waals surface area contributed by atoms with Crippen molar-refractivity contribution in [1.29, 1.82) is 0 Å². The molecule has 0 spiro atoms. The molecule has 0 fully saturated rings. The highest BCUT2D eigenvalue weighted by atomic mass is 19.1. The van der Waals surface area contributed by atoms with Crippen molar-refractivity contribution in [3.8, 4) is 5.69 Å². The van der Waals surface area contributed by atoms with Crippen LogP contribution in [0.15, 0.2) is 36.5 Å². The van der Waals surface area contributed by atoms with E-state index in [1.54, 1.807) is 25.4 Å². The number of benzene rings is 1. The number of nitrogens with zero attached hydrogens (tertiary/aromatic N) is 3. The lowest BCUT2D eigenvalue weighted by Crippen LogP contribution is -2.19. The molecule has 4 rings (SSSR count). The van der Waals surface area contributed by atoms with E-state index in [4.69, 9.17) is 0 Å². The first-order valence-electron chi connectivity index (χ1n) is 7.43. The van der Waals surface area contributed by atoms with Gasteiger partial charge in [-0.05, 0) is 37.3 Å². The molecule has 0 atom stereocenters. The molecule has 0 unspecified atom stereocenters. The molecule has 2 N–H and O–H groups in total. The second kappa shape index (κ2) is 5.16. The van der Waals surface area contributed by atoms with Crippen molar-refractivity contribution in [2.45, 2.75) is 6.92 Å². The Balaban J connectivity index is 2.02. The fourth-order valence-corrected chi connectivity index (χ4v) is 2.98. The van der Waals surface area contributed by atoms with Gasteiger partial charge in [-0.2, -0.15) is 5.10 Å². The van der Waals surface area contributed by atoms with E-state index in [1.807, 2.05) is 17.6 Å². The number of carbonyl (C=O) groups excluding carboxylic acids is 1. The zero-order chi connectivity index (χ0) is 16.8. The number of carbonyl (C=O) groups is 1. The summed E-state index contributed by atoms with van der Waals surface area (Å²) in [6.45, 7) is 1.84. The van der Waals surface area contributed by atoms with Crippen molar-refractivity contribution in [2.75, 3.05) is 7.05 Å². The molecule has 3 heterocycles. The molecule has 1 amide bonds. The third kappa shape index (κ3) is 1.98. The van der Waals surface area contributed by atoms with Crippen molar-refractivity contribution in [3.63, 3.8) is 0 Å². The Labute approximate surface area is 136 Å². The molecule has 7 heteroatoms. The van der Waals surface area contributed by atoms with Crippen LogP contribution in [0, 0.1) is 12.7 Å². The lowest BCUT2D eigenvalue weighted by molar-refractivity contribution is 0.0958. The summed E-state index contributed by atoms with van der Waals surface area (Å²) < 4.78 is 15.6. The first-order valence-corrected chi connectivity index (χ1v) is 7.43. The quantitative estimate of drug-likeness (QED) is 0.595. The van der Waals surface area contributed by atoms with Gasteiger partial charge in [-0.25, -0.2) is 9.37 Å². The van der Waals surface area contributed by atoms with Crippen LogP contribution >= 0.6 is 0 Å². The van der Waals surface area contributed by atoms with Crippen molar-refractivity contribution < 1.29 is 9.18 Å². The van der Waals surface area contributed by atoms with Crippen LogP contribution in [0.2, 0.25) is 0 Å². The first kappa shape index (κ1) is 14.4. The summed E-state index contributed by atoms with van der Waals surface area (Å²) in [6, 6.07) is 8.13. The number of nitrogens with one attached hydrogen (secondary N) is 2. The van der Waals surface area contributed by atoms with Gasteiger partial charge in [0.15, 0.2) is 0 Å². The number of amides is 1. The molecule has 0 aliphatic rings. The normalized spacial score (nSPS) is 11.3. The Hall–Kier alpha value is -3.22. The summed E-state index contributed by atoms with van der Waals surface area (Å²) in [6.07, 6.45) is 1.69. The highest BCUT2D eigenvalue weighted by Crippen LogP contribution is 2.31. The number of aromatic amines is 1. The lowest BCUT2D eigenvalue weighted by atomic mass is 10.2. The second-order valence-corrected chi connectivity index (χ2v) is 5.51. The molecular formula is C17H14FN5O. The van der Waals surface area contributed by atoms with E-state index in [-0.39, 0.29) is 11.7 Å². The number of H-pyrrole nitrogens is 1. The summed E-state index contributed by atoms with van der Waals surface area (Å²) in [7, 11) is 1.57. The monoisotopic (exact) mass is 323 g/mol. The number of halogens is 1. The minimum absolute atomic E-state index is 0.238. The minimum Gasteiger partial charge on any atom is -0.354 e. The van der Waals surface area contributed by atoms with Crippen LogP contribution in [0.5, 0.6) is 0 Å². The number of rotatable bonds is 2. The third-order valence-electron chi connectivity index (χ3n) is 4.09. The summed E-state index contributed by atoms with van der Waals surface area (Å²) >= 11 is 0. The van der Waals surface area contributed by atoms with Crippen LogP contribution in [-0.4, -0.2) is 32.7 Å². The zero-order valence-corrected chi connectivity index (χ0v) is 13.1. The molecule has 4 aromatic rings. The van der Waals surface area contributed by atoms with Gasteiger partial charge in [-0.15, -0.1) is 0 Å². The Morgan fingerprint density at radius 3 is 2.83 bits per heavy atom. The largest absolute Gasteiger partial charge is 0.354 e. The molecular weight excluding hydrogens is 309 g/mol. The van der Waals surface area contributed by atoms with E-state index < -0.39 is 0 Å². The van der Waals surface area contributed by atoms with Gasteiger partial charge in [0.05, 0.1) is 34.1 Å². The number of hydrogen-bond acceptors (Lipinski definition) is 3. The summed E-state index contributed by atoms with van der Waals surface area (Å²) in [5, 5.41) is 10.3. The molecule has 0 saturated heterocycles. The Bertz CT molecular complexity index is 1100. The fraction of sp³-hybridized carbons (Fsp3) is 0.118.